The second-order valence-electron chi connectivity index (χ2n) is 10.8. The van der Waals surface area contributed by atoms with Gasteiger partial charge in [0.25, 0.3) is 0 Å². The molecule has 6 rings (SSSR count). The first kappa shape index (κ1) is 24.0. The van der Waals surface area contributed by atoms with Gasteiger partial charge in [-0.1, -0.05) is 12.1 Å². The first-order valence-electron chi connectivity index (χ1n) is 12.9. The maximum absolute atomic E-state index is 14.3. The Labute approximate surface area is 214 Å². The Kier molecular flexibility index (Phi) is 6.18. The van der Waals surface area contributed by atoms with Crippen LogP contribution in [0.5, 0.6) is 5.75 Å². The molecule has 2 N–H and O–H groups in total. The van der Waals surface area contributed by atoms with Crippen molar-refractivity contribution >= 4 is 12.0 Å². The molecule has 3 aliphatic rings. The quantitative estimate of drug-likeness (QED) is 0.511. The Balaban J connectivity index is 0.993. The van der Waals surface area contributed by atoms with Crippen molar-refractivity contribution < 1.29 is 18.0 Å². The SMILES string of the molecule is CC1(c2noc(N3CCC(COc4cnc(N5C[C@H](c6cc(F)ccc6F)[C@@H](N)C5)nc4)CC3)n2)CC1. The standard InChI is InChI=1S/C26H31F2N7O2/c1-26(6-7-26)23-32-25(37-33-23)34-8-4-16(5-9-34)15-36-18-11-30-24(31-12-18)35-13-20(22(29)14-35)19-10-17(27)2-3-21(19)28/h2-3,10-12,16,20,22H,4-9,13-15,29H2,1H3/t20-,22+/m1/s1. The molecule has 2 aliphatic heterocycles. The van der Waals surface area contributed by atoms with Gasteiger partial charge in [-0.25, -0.2) is 18.7 Å². The van der Waals surface area contributed by atoms with Gasteiger partial charge < -0.3 is 24.8 Å². The molecule has 11 heteroatoms. The van der Waals surface area contributed by atoms with Gasteiger partial charge in [-0.2, -0.15) is 4.98 Å². The van der Waals surface area contributed by atoms with Crippen LogP contribution >= 0.6 is 0 Å². The molecule has 0 bridgehead atoms. The largest absolute Gasteiger partial charge is 0.490 e. The highest BCUT2D eigenvalue weighted by Gasteiger charge is 2.44. The van der Waals surface area contributed by atoms with E-state index in [0.29, 0.717) is 43.3 Å². The summed E-state index contributed by atoms with van der Waals surface area (Å²) in [7, 11) is 0. The summed E-state index contributed by atoms with van der Waals surface area (Å²) in [6.45, 7) is 5.33. The molecule has 3 aromatic rings. The van der Waals surface area contributed by atoms with Crippen LogP contribution in [-0.4, -0.2) is 58.9 Å². The molecule has 9 nitrogen and oxygen atoms in total. The molecule has 2 aromatic heterocycles. The third-order valence-electron chi connectivity index (χ3n) is 7.95. The topological polar surface area (TPSA) is 106 Å². The number of aromatic nitrogens is 4. The van der Waals surface area contributed by atoms with E-state index in [1.807, 2.05) is 4.90 Å². The lowest BCUT2D eigenvalue weighted by molar-refractivity contribution is 0.219. The highest BCUT2D eigenvalue weighted by Crippen LogP contribution is 2.46. The zero-order valence-electron chi connectivity index (χ0n) is 20.8. The van der Waals surface area contributed by atoms with E-state index in [0.717, 1.165) is 56.7 Å². The average Bonchev–Trinajstić information content (AvgIpc) is 3.29. The molecule has 0 amide bonds. The zero-order chi connectivity index (χ0) is 25.6. The lowest BCUT2D eigenvalue weighted by Crippen LogP contribution is -2.35. The van der Waals surface area contributed by atoms with E-state index in [1.54, 1.807) is 12.4 Å². The minimum absolute atomic E-state index is 0.104. The van der Waals surface area contributed by atoms with Gasteiger partial charge in [-0.15, -0.1) is 0 Å². The van der Waals surface area contributed by atoms with Gasteiger partial charge in [0.2, 0.25) is 5.95 Å². The van der Waals surface area contributed by atoms with Crippen LogP contribution in [0.1, 0.15) is 49.9 Å². The number of benzene rings is 1. The number of nitrogens with zero attached hydrogens (tertiary/aromatic N) is 6. The van der Waals surface area contributed by atoms with Gasteiger partial charge >= 0.3 is 6.01 Å². The number of hydrogen-bond donors (Lipinski definition) is 1. The minimum atomic E-state index is -0.475. The second kappa shape index (κ2) is 9.51. The van der Waals surface area contributed by atoms with E-state index in [2.05, 4.69) is 31.9 Å². The molecule has 3 fully saturated rings. The van der Waals surface area contributed by atoms with Gasteiger partial charge in [0.15, 0.2) is 11.6 Å². The van der Waals surface area contributed by atoms with Crippen LogP contribution in [0, 0.1) is 17.6 Å². The van der Waals surface area contributed by atoms with Crippen molar-refractivity contribution in [1.82, 2.24) is 20.1 Å². The second-order valence-corrected chi connectivity index (χ2v) is 10.8. The molecule has 1 saturated carbocycles. The molecule has 0 unspecified atom stereocenters. The smallest absolute Gasteiger partial charge is 0.324 e. The van der Waals surface area contributed by atoms with Gasteiger partial charge in [0.1, 0.15) is 11.6 Å². The van der Waals surface area contributed by atoms with Gasteiger partial charge in [-0.3, -0.25) is 0 Å². The Hall–Kier alpha value is -3.34. The molecule has 1 aromatic carbocycles. The van der Waals surface area contributed by atoms with E-state index >= 15 is 0 Å². The minimum Gasteiger partial charge on any atom is -0.490 e. The van der Waals surface area contributed by atoms with Gasteiger partial charge in [-0.05, 0) is 55.4 Å². The summed E-state index contributed by atoms with van der Waals surface area (Å²) in [6, 6.07) is 3.75. The van der Waals surface area contributed by atoms with Crippen molar-refractivity contribution in [1.29, 1.82) is 0 Å². The molecule has 1 aliphatic carbocycles. The monoisotopic (exact) mass is 511 g/mol. The maximum atomic E-state index is 14.3. The molecule has 0 radical (unpaired) electrons. The van der Waals surface area contributed by atoms with Crippen LogP contribution < -0.4 is 20.3 Å². The van der Waals surface area contributed by atoms with Crippen LogP contribution in [0.4, 0.5) is 20.7 Å². The van der Waals surface area contributed by atoms with Gasteiger partial charge in [0.05, 0.1) is 19.0 Å². The third-order valence-corrected chi connectivity index (χ3v) is 7.95. The van der Waals surface area contributed by atoms with E-state index in [1.165, 1.54) is 6.07 Å². The molecule has 2 saturated heterocycles. The Morgan fingerprint density at radius 1 is 1.11 bits per heavy atom. The summed E-state index contributed by atoms with van der Waals surface area (Å²) in [5.41, 5.74) is 6.65. The van der Waals surface area contributed by atoms with Crippen molar-refractivity contribution in [2.75, 3.05) is 42.6 Å². The van der Waals surface area contributed by atoms with Crippen LogP contribution in [0.15, 0.2) is 35.1 Å². The molecular formula is C26H31F2N7O2. The van der Waals surface area contributed by atoms with Crippen molar-refractivity contribution in [3.8, 4) is 5.75 Å². The fourth-order valence-electron chi connectivity index (χ4n) is 5.17. The summed E-state index contributed by atoms with van der Waals surface area (Å²) < 4.78 is 39.4. The molecular weight excluding hydrogens is 480 g/mol. The Morgan fingerprint density at radius 2 is 1.86 bits per heavy atom. The fraction of sp³-hybridized carbons (Fsp3) is 0.538. The lowest BCUT2D eigenvalue weighted by Gasteiger charge is -2.30. The van der Waals surface area contributed by atoms with Crippen LogP contribution in [-0.2, 0) is 5.41 Å². The van der Waals surface area contributed by atoms with Crippen molar-refractivity contribution in [3.05, 3.63) is 53.6 Å². The Morgan fingerprint density at radius 3 is 2.59 bits per heavy atom. The zero-order valence-corrected chi connectivity index (χ0v) is 20.8. The van der Waals surface area contributed by atoms with E-state index < -0.39 is 11.6 Å². The Bertz CT molecular complexity index is 1240. The number of halogens is 2. The van der Waals surface area contributed by atoms with E-state index in [4.69, 9.17) is 15.0 Å². The summed E-state index contributed by atoms with van der Waals surface area (Å²) >= 11 is 0. The highest BCUT2D eigenvalue weighted by molar-refractivity contribution is 5.39. The number of piperidine rings is 1. The average molecular weight is 512 g/mol. The van der Waals surface area contributed by atoms with Crippen LogP contribution in [0.3, 0.4) is 0 Å². The fourth-order valence-corrected chi connectivity index (χ4v) is 5.17. The normalized spacial score (nSPS) is 23.5. The molecule has 196 valence electrons. The number of hydrogen-bond acceptors (Lipinski definition) is 9. The molecule has 2 atom stereocenters. The molecule has 37 heavy (non-hydrogen) atoms. The first-order valence-corrected chi connectivity index (χ1v) is 12.9. The predicted molar refractivity (Wildman–Crippen MR) is 133 cm³/mol. The van der Waals surface area contributed by atoms with E-state index in [-0.39, 0.29) is 22.9 Å². The summed E-state index contributed by atoms with van der Waals surface area (Å²) in [5.74, 6) is 1.07. The summed E-state index contributed by atoms with van der Waals surface area (Å²) in [4.78, 5) is 17.5. The van der Waals surface area contributed by atoms with Gasteiger partial charge in [0, 0.05) is 43.6 Å². The van der Waals surface area contributed by atoms with E-state index in [9.17, 15) is 8.78 Å². The van der Waals surface area contributed by atoms with Crippen LogP contribution in [0.2, 0.25) is 0 Å². The maximum Gasteiger partial charge on any atom is 0.324 e. The predicted octanol–water partition coefficient (Wildman–Crippen LogP) is 3.42. The number of ether oxygens (including phenoxy) is 1. The number of nitrogens with two attached hydrogens (primary N) is 1. The number of rotatable bonds is 7. The van der Waals surface area contributed by atoms with Crippen LogP contribution in [0.25, 0.3) is 0 Å². The highest BCUT2D eigenvalue weighted by atomic mass is 19.1. The molecule has 0 spiro atoms. The van der Waals surface area contributed by atoms with Crippen molar-refractivity contribution in [2.24, 2.45) is 11.7 Å². The third kappa shape index (κ3) is 4.96. The summed E-state index contributed by atoms with van der Waals surface area (Å²) in [6.07, 6.45) is 7.48. The number of anilines is 2. The molecule has 4 heterocycles. The van der Waals surface area contributed by atoms with Crippen molar-refractivity contribution in [3.63, 3.8) is 0 Å². The summed E-state index contributed by atoms with van der Waals surface area (Å²) in [5, 5.41) is 4.18. The first-order chi connectivity index (χ1) is 17.9. The van der Waals surface area contributed by atoms with Crippen molar-refractivity contribution in [2.45, 2.75) is 50.0 Å². The lowest BCUT2D eigenvalue weighted by atomic mass is 9.94.